The summed E-state index contributed by atoms with van der Waals surface area (Å²) in [6.45, 7) is 0. The van der Waals surface area contributed by atoms with Crippen molar-refractivity contribution in [3.63, 3.8) is 0 Å². The van der Waals surface area contributed by atoms with Gasteiger partial charge in [0.25, 0.3) is 5.91 Å². The van der Waals surface area contributed by atoms with Crippen LogP contribution in [0.1, 0.15) is 18.4 Å². The van der Waals surface area contributed by atoms with E-state index in [1.807, 2.05) is 0 Å². The number of halogens is 1. The molecule has 9 heteroatoms. The molecule has 1 aliphatic heterocycles. The molecule has 0 saturated carbocycles. The number of hydrogen-bond acceptors (Lipinski definition) is 5. The third-order valence-electron chi connectivity index (χ3n) is 3.25. The van der Waals surface area contributed by atoms with Crippen LogP contribution < -0.4 is 5.73 Å². The average molecular weight is 385 g/mol. The number of aliphatic carboxylic acids is 1. The van der Waals surface area contributed by atoms with Crippen LogP contribution in [0.5, 0.6) is 0 Å². The summed E-state index contributed by atoms with van der Waals surface area (Å²) >= 11 is 12.0. The predicted molar refractivity (Wildman–Crippen MR) is 96.3 cm³/mol. The fourth-order valence-electron chi connectivity index (χ4n) is 2.10. The highest BCUT2D eigenvalue weighted by atomic mass is 35.5. The van der Waals surface area contributed by atoms with Crippen molar-refractivity contribution in [3.8, 4) is 0 Å². The summed E-state index contributed by atoms with van der Waals surface area (Å²) < 4.78 is 0.136. The third-order valence-corrected chi connectivity index (χ3v) is 4.83. The van der Waals surface area contributed by atoms with Crippen LogP contribution in [-0.4, -0.2) is 38.2 Å². The van der Waals surface area contributed by atoms with Gasteiger partial charge in [-0.25, -0.2) is 4.79 Å². The lowest BCUT2D eigenvalue weighted by Gasteiger charge is -2.22. The first kappa shape index (κ1) is 18.4. The molecule has 6 nitrogen and oxygen atoms in total. The van der Waals surface area contributed by atoms with Crippen LogP contribution in [0.4, 0.5) is 0 Å². The minimum atomic E-state index is -1.24. The minimum absolute atomic E-state index is 0.0919. The zero-order chi connectivity index (χ0) is 17.9. The van der Waals surface area contributed by atoms with E-state index in [2.05, 4.69) is 0 Å². The predicted octanol–water partition coefficient (Wildman–Crippen LogP) is 2.26. The van der Waals surface area contributed by atoms with Gasteiger partial charge in [0.05, 0.1) is 4.91 Å². The van der Waals surface area contributed by atoms with E-state index in [4.69, 9.17) is 29.6 Å². The molecule has 1 aromatic carbocycles. The number of nitrogens with zero attached hydrogens (tertiary/aromatic N) is 1. The van der Waals surface area contributed by atoms with Gasteiger partial charge in [0.2, 0.25) is 5.91 Å². The molecule has 24 heavy (non-hydrogen) atoms. The Bertz CT molecular complexity index is 733. The molecule has 1 saturated heterocycles. The van der Waals surface area contributed by atoms with Crippen molar-refractivity contribution in [1.82, 2.24) is 4.90 Å². The lowest BCUT2D eigenvalue weighted by Crippen LogP contribution is -2.44. The molecule has 1 aliphatic rings. The van der Waals surface area contributed by atoms with E-state index in [1.54, 1.807) is 30.3 Å². The molecule has 126 valence electrons. The lowest BCUT2D eigenvalue weighted by atomic mass is 10.1. The average Bonchev–Trinajstić information content (AvgIpc) is 2.77. The van der Waals surface area contributed by atoms with E-state index >= 15 is 0 Å². The van der Waals surface area contributed by atoms with Crippen LogP contribution in [-0.2, 0) is 14.4 Å². The van der Waals surface area contributed by atoms with Gasteiger partial charge in [-0.2, -0.15) is 0 Å². The van der Waals surface area contributed by atoms with E-state index < -0.39 is 23.8 Å². The topological polar surface area (TPSA) is 101 Å². The Hall–Kier alpha value is -1.90. The van der Waals surface area contributed by atoms with Gasteiger partial charge in [-0.15, -0.1) is 0 Å². The maximum Gasteiger partial charge on any atom is 0.326 e. The second-order valence-corrected chi connectivity index (χ2v) is 7.07. The number of carboxylic acids is 1. The second-order valence-electron chi connectivity index (χ2n) is 4.96. The largest absolute Gasteiger partial charge is 0.480 e. The van der Waals surface area contributed by atoms with Crippen molar-refractivity contribution in [3.05, 3.63) is 39.8 Å². The first-order valence-electron chi connectivity index (χ1n) is 6.83. The number of thiocarbonyl (C=S) groups is 1. The molecule has 0 aliphatic carbocycles. The normalized spacial score (nSPS) is 17.4. The number of carbonyl (C=O) groups is 3. The molecule has 1 aromatic rings. The van der Waals surface area contributed by atoms with Crippen molar-refractivity contribution in [1.29, 1.82) is 0 Å². The van der Waals surface area contributed by atoms with Crippen molar-refractivity contribution < 1.29 is 19.5 Å². The molecule has 1 atom stereocenters. The van der Waals surface area contributed by atoms with Gasteiger partial charge in [0.15, 0.2) is 0 Å². The summed E-state index contributed by atoms with van der Waals surface area (Å²) in [5.41, 5.74) is 5.79. The summed E-state index contributed by atoms with van der Waals surface area (Å²) in [5, 5.41) is 9.91. The number of nitrogens with two attached hydrogens (primary N) is 1. The van der Waals surface area contributed by atoms with Gasteiger partial charge in [-0.05, 0) is 30.2 Å². The van der Waals surface area contributed by atoms with E-state index in [0.717, 1.165) is 22.2 Å². The van der Waals surface area contributed by atoms with Gasteiger partial charge in [-0.3, -0.25) is 14.5 Å². The molecular weight excluding hydrogens is 372 g/mol. The molecule has 1 unspecified atom stereocenters. The second kappa shape index (κ2) is 7.78. The van der Waals surface area contributed by atoms with Crippen molar-refractivity contribution >= 4 is 63.8 Å². The summed E-state index contributed by atoms with van der Waals surface area (Å²) in [5.74, 6) is -2.37. The Morgan fingerprint density at radius 3 is 2.54 bits per heavy atom. The first-order chi connectivity index (χ1) is 11.3. The number of hydrogen-bond donors (Lipinski definition) is 2. The Morgan fingerprint density at radius 1 is 1.38 bits per heavy atom. The molecule has 0 aromatic heterocycles. The molecule has 0 radical (unpaired) electrons. The van der Waals surface area contributed by atoms with Gasteiger partial charge in [-0.1, -0.05) is 47.7 Å². The molecule has 1 heterocycles. The summed E-state index contributed by atoms with van der Waals surface area (Å²) in [6.07, 6.45) is 1.37. The quantitative estimate of drug-likeness (QED) is 0.576. The number of thioether (sulfide) groups is 1. The standard InChI is InChI=1S/C15H13ClN2O4S2/c16-9-3-1-8(2-4-9)7-11-13(20)18(15(23)24-11)10(14(21)22)5-6-12(17)19/h1-4,7,10H,5-6H2,(H2,17,19)(H,21,22)/b11-7-. The number of rotatable bonds is 6. The smallest absolute Gasteiger partial charge is 0.326 e. The van der Waals surface area contributed by atoms with Gasteiger partial charge < -0.3 is 10.8 Å². The zero-order valence-corrected chi connectivity index (χ0v) is 14.7. The summed E-state index contributed by atoms with van der Waals surface area (Å²) in [7, 11) is 0. The zero-order valence-electron chi connectivity index (χ0n) is 12.3. The Morgan fingerprint density at radius 2 is 2.00 bits per heavy atom. The summed E-state index contributed by atoms with van der Waals surface area (Å²) in [4.78, 5) is 36.2. The van der Waals surface area contributed by atoms with E-state index in [9.17, 15) is 19.5 Å². The van der Waals surface area contributed by atoms with Gasteiger partial charge in [0.1, 0.15) is 10.4 Å². The molecule has 2 amide bonds. The van der Waals surface area contributed by atoms with Gasteiger partial charge in [0, 0.05) is 11.4 Å². The number of carboxylic acid groups (broad SMARTS) is 1. The number of benzene rings is 1. The molecule has 2 rings (SSSR count). The van der Waals surface area contributed by atoms with Crippen molar-refractivity contribution in [2.75, 3.05) is 0 Å². The number of primary amides is 1. The van der Waals surface area contributed by atoms with Crippen LogP contribution in [0, 0.1) is 0 Å². The molecule has 0 spiro atoms. The number of amides is 2. The van der Waals surface area contributed by atoms with Crippen molar-refractivity contribution in [2.45, 2.75) is 18.9 Å². The Labute approximate surface area is 152 Å². The summed E-state index contributed by atoms with van der Waals surface area (Å²) in [6, 6.07) is 5.61. The maximum absolute atomic E-state index is 12.5. The first-order valence-corrected chi connectivity index (χ1v) is 8.43. The van der Waals surface area contributed by atoms with E-state index in [-0.39, 0.29) is 17.2 Å². The third kappa shape index (κ3) is 4.34. The molecule has 0 bridgehead atoms. The highest BCUT2D eigenvalue weighted by molar-refractivity contribution is 8.26. The number of carbonyl (C=O) groups excluding carboxylic acids is 2. The maximum atomic E-state index is 12.5. The monoisotopic (exact) mass is 384 g/mol. The molecular formula is C15H13ClN2O4S2. The highest BCUT2D eigenvalue weighted by Crippen LogP contribution is 2.35. The van der Waals surface area contributed by atoms with E-state index in [0.29, 0.717) is 9.93 Å². The fourth-order valence-corrected chi connectivity index (χ4v) is 3.58. The lowest BCUT2D eigenvalue weighted by molar-refractivity contribution is -0.145. The van der Waals surface area contributed by atoms with Crippen LogP contribution in [0.2, 0.25) is 5.02 Å². The van der Waals surface area contributed by atoms with Crippen LogP contribution in [0.3, 0.4) is 0 Å². The van der Waals surface area contributed by atoms with Crippen LogP contribution in [0.25, 0.3) is 6.08 Å². The fraction of sp³-hybridized carbons (Fsp3) is 0.200. The van der Waals surface area contributed by atoms with E-state index in [1.165, 1.54) is 0 Å². The SMILES string of the molecule is NC(=O)CCC(C(=O)O)N1C(=O)/C(=C/c2ccc(Cl)cc2)SC1=S. The Balaban J connectivity index is 2.24. The van der Waals surface area contributed by atoms with Crippen molar-refractivity contribution in [2.24, 2.45) is 5.73 Å². The highest BCUT2D eigenvalue weighted by Gasteiger charge is 2.40. The van der Waals surface area contributed by atoms with Crippen LogP contribution in [0.15, 0.2) is 29.2 Å². The molecule has 1 fully saturated rings. The minimum Gasteiger partial charge on any atom is -0.480 e. The Kier molecular flexibility index (Phi) is 5.98. The molecule has 3 N–H and O–H groups in total. The van der Waals surface area contributed by atoms with Gasteiger partial charge >= 0.3 is 5.97 Å². The van der Waals surface area contributed by atoms with Crippen LogP contribution >= 0.6 is 35.6 Å².